The standard InChI is InChI=1S/C54H35BN2OS2/c1-54(2,3)31-24-26-40(37(28-31)30-14-5-4-6-15-30)56-41-29-38-32-16-8-11-22-43(32)60-53(38)47-35-19-13-20-36-49(35)57(50-33-17-7-10-21-42(33)58-52(36)50)55(48(41)47)39-25-27-45-46(51(39)56)34-18-9-12-23-44(34)59-45/h4-29H,1-3H3. The average Bonchev–Trinajstić information content (AvgIpc) is 4.04. The number of nitrogens with zero attached hydrogens (tertiary/aromatic N) is 2. The first-order valence-electron chi connectivity index (χ1n) is 20.8. The van der Waals surface area contributed by atoms with Crippen molar-refractivity contribution < 1.29 is 4.42 Å². The van der Waals surface area contributed by atoms with E-state index in [1.165, 1.54) is 113 Å². The highest BCUT2D eigenvalue weighted by molar-refractivity contribution is 7.27. The molecule has 60 heavy (non-hydrogen) atoms. The van der Waals surface area contributed by atoms with Crippen molar-refractivity contribution >= 4 is 131 Å². The van der Waals surface area contributed by atoms with Crippen LogP contribution in [-0.2, 0) is 5.41 Å². The third-order valence-electron chi connectivity index (χ3n) is 13.3. The van der Waals surface area contributed by atoms with Crippen molar-refractivity contribution in [3.8, 4) is 22.3 Å². The molecule has 8 aromatic carbocycles. The quantitative estimate of drug-likeness (QED) is 0.162. The van der Waals surface area contributed by atoms with Gasteiger partial charge in [-0.25, -0.2) is 0 Å². The van der Waals surface area contributed by atoms with Crippen LogP contribution < -0.4 is 15.8 Å². The predicted octanol–water partition coefficient (Wildman–Crippen LogP) is 14.7. The van der Waals surface area contributed by atoms with E-state index in [-0.39, 0.29) is 12.3 Å². The summed E-state index contributed by atoms with van der Waals surface area (Å²) in [7, 11) is 0. The normalized spacial score (nSPS) is 13.5. The molecule has 14 rings (SSSR count). The van der Waals surface area contributed by atoms with Crippen LogP contribution in [0.15, 0.2) is 162 Å². The van der Waals surface area contributed by atoms with Crippen molar-refractivity contribution in [3.05, 3.63) is 163 Å². The van der Waals surface area contributed by atoms with Crippen LogP contribution in [0.2, 0.25) is 0 Å². The first-order chi connectivity index (χ1) is 29.4. The maximum atomic E-state index is 6.88. The van der Waals surface area contributed by atoms with Crippen molar-refractivity contribution in [1.29, 1.82) is 0 Å². The Morgan fingerprint density at radius 2 is 1.28 bits per heavy atom. The van der Waals surface area contributed by atoms with Gasteiger partial charge in [0.25, 0.3) is 0 Å². The van der Waals surface area contributed by atoms with E-state index in [2.05, 4.69) is 188 Å². The van der Waals surface area contributed by atoms with Gasteiger partial charge >= 0.3 is 6.85 Å². The van der Waals surface area contributed by atoms with Crippen LogP contribution in [0.1, 0.15) is 26.3 Å². The number of furan rings is 1. The van der Waals surface area contributed by atoms with Crippen LogP contribution in [0.5, 0.6) is 0 Å². The lowest BCUT2D eigenvalue weighted by atomic mass is 9.45. The van der Waals surface area contributed by atoms with Gasteiger partial charge in [-0.05, 0) is 82.1 Å². The molecule has 3 nitrogen and oxygen atoms in total. The summed E-state index contributed by atoms with van der Waals surface area (Å²) in [6, 6.07) is 59.1. The fourth-order valence-electron chi connectivity index (χ4n) is 10.7. The Morgan fingerprint density at radius 3 is 2.12 bits per heavy atom. The Morgan fingerprint density at radius 1 is 0.550 bits per heavy atom. The van der Waals surface area contributed by atoms with E-state index in [0.717, 1.165) is 16.6 Å². The minimum atomic E-state index is -0.108. The number of hydrogen-bond donors (Lipinski definition) is 0. The highest BCUT2D eigenvalue weighted by atomic mass is 32.1. The molecule has 0 atom stereocenters. The van der Waals surface area contributed by atoms with E-state index in [4.69, 9.17) is 4.42 Å². The Labute approximate surface area is 354 Å². The molecule has 0 amide bonds. The van der Waals surface area contributed by atoms with Gasteiger partial charge in [0, 0.05) is 79.0 Å². The molecule has 0 saturated carbocycles. The molecule has 0 unspecified atom stereocenters. The number of rotatable bonds is 2. The number of anilines is 3. The lowest BCUT2D eigenvalue weighted by Crippen LogP contribution is -2.56. The van der Waals surface area contributed by atoms with Crippen LogP contribution in [0.25, 0.3) is 95.6 Å². The molecular formula is C54H35BN2OS2. The summed E-state index contributed by atoms with van der Waals surface area (Å²) in [5, 5.41) is 7.53. The SMILES string of the molecule is CC(C)(C)c1ccc(N2c3cc4c(sc5ccccc54)c4c3B(c3ccc5sc6ccccc6c5c32)n2c3c-4cccc3c3oc4ccccc4c32)c(-c2ccccc2)c1. The number of fused-ring (bicyclic) bond motifs is 17. The molecule has 6 heteroatoms. The zero-order valence-corrected chi connectivity index (χ0v) is 34.8. The minimum Gasteiger partial charge on any atom is -0.454 e. The third kappa shape index (κ3) is 4.20. The number of para-hydroxylation sites is 2. The van der Waals surface area contributed by atoms with Gasteiger partial charge in [0.05, 0.1) is 16.9 Å². The first-order valence-corrected chi connectivity index (χ1v) is 22.4. The molecule has 12 aromatic rings. The van der Waals surface area contributed by atoms with Crippen LogP contribution >= 0.6 is 22.7 Å². The van der Waals surface area contributed by atoms with E-state index in [9.17, 15) is 0 Å². The molecule has 2 aliphatic rings. The van der Waals surface area contributed by atoms with E-state index < -0.39 is 0 Å². The van der Waals surface area contributed by atoms with Gasteiger partial charge in [0.2, 0.25) is 0 Å². The van der Waals surface area contributed by atoms with Gasteiger partial charge in [-0.1, -0.05) is 124 Å². The number of aromatic nitrogens is 1. The largest absolute Gasteiger partial charge is 0.454 e. The van der Waals surface area contributed by atoms with Gasteiger partial charge in [0.1, 0.15) is 5.58 Å². The van der Waals surface area contributed by atoms with E-state index in [1.54, 1.807) is 0 Å². The molecule has 0 spiro atoms. The van der Waals surface area contributed by atoms with Crippen molar-refractivity contribution in [2.45, 2.75) is 26.2 Å². The van der Waals surface area contributed by atoms with Gasteiger partial charge in [-0.2, -0.15) is 0 Å². The van der Waals surface area contributed by atoms with E-state index in [1.807, 2.05) is 22.7 Å². The van der Waals surface area contributed by atoms with Crippen LogP contribution in [-0.4, -0.2) is 11.3 Å². The van der Waals surface area contributed by atoms with Crippen LogP contribution in [0.4, 0.5) is 17.1 Å². The third-order valence-corrected chi connectivity index (χ3v) is 15.7. The lowest BCUT2D eigenvalue weighted by Gasteiger charge is -2.42. The first kappa shape index (κ1) is 33.3. The molecule has 282 valence electrons. The molecule has 0 N–H and O–H groups in total. The molecule has 0 radical (unpaired) electrons. The Kier molecular flexibility index (Phi) is 6.41. The second kappa shape index (κ2) is 11.6. The molecule has 0 aliphatic carbocycles. The monoisotopic (exact) mass is 802 g/mol. The average molecular weight is 803 g/mol. The van der Waals surface area contributed by atoms with Gasteiger partial charge in [0.15, 0.2) is 5.58 Å². The summed E-state index contributed by atoms with van der Waals surface area (Å²) in [6.07, 6.45) is 0. The lowest BCUT2D eigenvalue weighted by molar-refractivity contribution is 0.590. The second-order valence-corrected chi connectivity index (χ2v) is 19.7. The molecule has 6 heterocycles. The van der Waals surface area contributed by atoms with E-state index >= 15 is 0 Å². The summed E-state index contributed by atoms with van der Waals surface area (Å²) in [4.78, 5) is 2.67. The van der Waals surface area contributed by atoms with Crippen molar-refractivity contribution in [3.63, 3.8) is 0 Å². The highest BCUT2D eigenvalue weighted by Crippen LogP contribution is 2.54. The summed E-state index contributed by atoms with van der Waals surface area (Å²) < 4.78 is 14.8. The minimum absolute atomic E-state index is 0.0281. The van der Waals surface area contributed by atoms with Gasteiger partial charge in [-0.3, -0.25) is 0 Å². The summed E-state index contributed by atoms with van der Waals surface area (Å²) in [5.74, 6) is 0. The molecule has 2 aliphatic heterocycles. The van der Waals surface area contributed by atoms with Crippen molar-refractivity contribution in [1.82, 2.24) is 4.48 Å². The number of thiophene rings is 2. The zero-order valence-electron chi connectivity index (χ0n) is 33.2. The van der Waals surface area contributed by atoms with Gasteiger partial charge < -0.3 is 13.8 Å². The summed E-state index contributed by atoms with van der Waals surface area (Å²) in [5.41, 5.74) is 17.0. The van der Waals surface area contributed by atoms with Crippen molar-refractivity contribution in [2.75, 3.05) is 4.90 Å². The fourth-order valence-corrected chi connectivity index (χ4v) is 13.1. The molecule has 0 fully saturated rings. The highest BCUT2D eigenvalue weighted by Gasteiger charge is 2.46. The number of benzene rings is 8. The maximum absolute atomic E-state index is 6.88. The van der Waals surface area contributed by atoms with Crippen molar-refractivity contribution in [2.24, 2.45) is 0 Å². The Hall–Kier alpha value is -6.60. The maximum Gasteiger partial charge on any atom is 0.333 e. The van der Waals surface area contributed by atoms with Gasteiger partial charge in [-0.15, -0.1) is 22.7 Å². The number of hydrogen-bond acceptors (Lipinski definition) is 4. The summed E-state index contributed by atoms with van der Waals surface area (Å²) >= 11 is 3.83. The molecular weight excluding hydrogens is 768 g/mol. The molecule has 0 saturated heterocycles. The molecule has 4 aromatic heterocycles. The predicted molar refractivity (Wildman–Crippen MR) is 260 cm³/mol. The fraction of sp³-hybridized carbons (Fsp3) is 0.0741. The van der Waals surface area contributed by atoms with Crippen LogP contribution in [0, 0.1) is 0 Å². The zero-order chi connectivity index (χ0) is 39.6. The Bertz CT molecular complexity index is 3840. The topological polar surface area (TPSA) is 21.3 Å². The Balaban J connectivity index is 1.24. The molecule has 0 bridgehead atoms. The van der Waals surface area contributed by atoms with Crippen LogP contribution in [0.3, 0.4) is 0 Å². The van der Waals surface area contributed by atoms with E-state index in [0.29, 0.717) is 0 Å². The summed E-state index contributed by atoms with van der Waals surface area (Å²) in [6.45, 7) is 6.85. The smallest absolute Gasteiger partial charge is 0.333 e. The second-order valence-electron chi connectivity index (χ2n) is 17.6.